The molecule has 1 amide bonds. The van der Waals surface area contributed by atoms with Crippen molar-refractivity contribution in [1.29, 1.82) is 0 Å². The lowest BCUT2D eigenvalue weighted by Crippen LogP contribution is -2.41. The molecule has 1 aliphatic carbocycles. The smallest absolute Gasteiger partial charge is 0.258 e. The Hall–Kier alpha value is -2.89. The highest BCUT2D eigenvalue weighted by Crippen LogP contribution is 2.54. The molecule has 0 bridgehead atoms. The minimum atomic E-state index is -3.68. The maximum absolute atomic E-state index is 13.5. The van der Waals surface area contributed by atoms with E-state index in [0.717, 1.165) is 44.8 Å². The van der Waals surface area contributed by atoms with Crippen LogP contribution in [0.5, 0.6) is 0 Å². The van der Waals surface area contributed by atoms with Crippen LogP contribution in [0.1, 0.15) is 43.0 Å². The maximum Gasteiger partial charge on any atom is 0.258 e. The predicted octanol–water partition coefficient (Wildman–Crippen LogP) is 2.67. The van der Waals surface area contributed by atoms with Gasteiger partial charge < -0.3 is 25.0 Å². The number of aromatic nitrogens is 1. The van der Waals surface area contributed by atoms with Crippen LogP contribution in [-0.2, 0) is 14.8 Å². The van der Waals surface area contributed by atoms with E-state index >= 15 is 0 Å². The van der Waals surface area contributed by atoms with Gasteiger partial charge in [-0.3, -0.25) is 9.52 Å². The fourth-order valence-corrected chi connectivity index (χ4v) is 6.01. The van der Waals surface area contributed by atoms with Gasteiger partial charge in [0, 0.05) is 26.2 Å². The summed E-state index contributed by atoms with van der Waals surface area (Å²) in [4.78, 5) is 22.4. The van der Waals surface area contributed by atoms with E-state index in [9.17, 15) is 13.2 Å². The van der Waals surface area contributed by atoms with Crippen molar-refractivity contribution < 1.29 is 23.1 Å². The zero-order valence-corrected chi connectivity index (χ0v) is 22.0. The van der Waals surface area contributed by atoms with Crippen LogP contribution in [0.25, 0.3) is 0 Å². The highest BCUT2D eigenvalue weighted by atomic mass is 32.2. The number of hydrogen-bond donors (Lipinski definition) is 3. The molecule has 200 valence electrons. The second-order valence-corrected chi connectivity index (χ2v) is 12.2. The SMILES string of the molecule is C[C@H]1CN(c2cccc(NC(=O)c3ccc(NS(=O)(=O)CCO)cc3N3CCC4(CC3)CC4)n2)CCO1. The lowest BCUT2D eigenvalue weighted by Gasteiger charge is -2.35. The standard InChI is InChI=1S/C26H35N5O5S/c1-19-18-31(13-15-36-19)24-4-2-3-23(27-24)28-25(33)21-6-5-20(29-37(34,35)16-14-32)17-22(21)30-11-9-26(7-8-26)10-12-30/h2-6,17,19,29,32H,7-16,18H2,1H3,(H,27,28,33)/t19-/m0/s1. The number of pyridine rings is 1. The second kappa shape index (κ2) is 10.5. The predicted molar refractivity (Wildman–Crippen MR) is 144 cm³/mol. The van der Waals surface area contributed by atoms with Gasteiger partial charge in [0.25, 0.3) is 5.91 Å². The fraction of sp³-hybridized carbons (Fsp3) is 0.538. The van der Waals surface area contributed by atoms with Crippen LogP contribution >= 0.6 is 0 Å². The van der Waals surface area contributed by atoms with Gasteiger partial charge in [-0.15, -0.1) is 0 Å². The molecule has 1 atom stereocenters. The first kappa shape index (κ1) is 25.7. The Morgan fingerprint density at radius 3 is 2.62 bits per heavy atom. The van der Waals surface area contributed by atoms with Crippen LogP contribution in [0, 0.1) is 5.41 Å². The fourth-order valence-electron chi connectivity index (χ4n) is 5.18. The molecule has 0 radical (unpaired) electrons. The average molecular weight is 530 g/mol. The number of nitrogens with one attached hydrogen (secondary N) is 2. The highest BCUT2D eigenvalue weighted by molar-refractivity contribution is 7.92. The number of nitrogens with zero attached hydrogens (tertiary/aromatic N) is 3. The van der Waals surface area contributed by atoms with Crippen LogP contribution in [0.3, 0.4) is 0 Å². The molecule has 37 heavy (non-hydrogen) atoms. The van der Waals surface area contributed by atoms with Crippen LogP contribution in [0.2, 0.25) is 0 Å². The molecule has 3 aliphatic rings. The van der Waals surface area contributed by atoms with Gasteiger partial charge in [-0.1, -0.05) is 6.07 Å². The van der Waals surface area contributed by atoms with Gasteiger partial charge in [0.2, 0.25) is 10.0 Å². The Bertz CT molecular complexity index is 1240. The number of carbonyl (C=O) groups excluding carboxylic acids is 1. The van der Waals surface area contributed by atoms with Crippen LogP contribution in [-0.4, -0.2) is 75.7 Å². The van der Waals surface area contributed by atoms with E-state index in [2.05, 4.69) is 24.8 Å². The summed E-state index contributed by atoms with van der Waals surface area (Å²) in [5, 5.41) is 12.0. The molecule has 0 unspecified atom stereocenters. The zero-order valence-electron chi connectivity index (χ0n) is 21.1. The van der Waals surface area contributed by atoms with Crippen molar-refractivity contribution in [3.8, 4) is 0 Å². The summed E-state index contributed by atoms with van der Waals surface area (Å²) in [5.41, 5.74) is 1.98. The minimum absolute atomic E-state index is 0.115. The van der Waals surface area contributed by atoms with E-state index in [0.29, 0.717) is 34.8 Å². The molecule has 1 spiro atoms. The largest absolute Gasteiger partial charge is 0.395 e. The molecule has 11 heteroatoms. The van der Waals surface area contributed by atoms with E-state index in [-0.39, 0.29) is 17.8 Å². The number of morpholine rings is 1. The second-order valence-electron chi connectivity index (χ2n) is 10.3. The Labute approximate surface area is 218 Å². The average Bonchev–Trinajstić information content (AvgIpc) is 3.63. The number of carbonyl (C=O) groups is 1. The van der Waals surface area contributed by atoms with Crippen molar-refractivity contribution in [2.75, 3.05) is 65.0 Å². The molecule has 3 N–H and O–H groups in total. The molecule has 2 aliphatic heterocycles. The van der Waals surface area contributed by atoms with Crippen molar-refractivity contribution in [3.05, 3.63) is 42.0 Å². The topological polar surface area (TPSA) is 124 Å². The van der Waals surface area contributed by atoms with Gasteiger partial charge in [0.1, 0.15) is 11.6 Å². The third-order valence-electron chi connectivity index (χ3n) is 7.54. The highest BCUT2D eigenvalue weighted by Gasteiger charge is 2.44. The summed E-state index contributed by atoms with van der Waals surface area (Å²) >= 11 is 0. The number of aliphatic hydroxyl groups excluding tert-OH is 1. The summed E-state index contributed by atoms with van der Waals surface area (Å²) < 4.78 is 32.6. The Kier molecular flexibility index (Phi) is 7.28. The molecule has 1 aromatic carbocycles. The molecule has 10 nitrogen and oxygen atoms in total. The number of piperidine rings is 1. The van der Waals surface area contributed by atoms with Crippen molar-refractivity contribution in [1.82, 2.24) is 4.98 Å². The Morgan fingerprint density at radius 1 is 1.14 bits per heavy atom. The molecule has 5 rings (SSSR count). The summed E-state index contributed by atoms with van der Waals surface area (Å²) in [6, 6.07) is 10.5. The number of aliphatic hydroxyl groups is 1. The molecule has 1 saturated carbocycles. The molecule has 3 fully saturated rings. The van der Waals surface area contributed by atoms with E-state index < -0.39 is 16.6 Å². The number of hydrogen-bond acceptors (Lipinski definition) is 8. The Morgan fingerprint density at radius 2 is 1.92 bits per heavy atom. The van der Waals surface area contributed by atoms with Gasteiger partial charge in [-0.2, -0.15) is 0 Å². The van der Waals surface area contributed by atoms with Gasteiger partial charge in [0.05, 0.1) is 42.0 Å². The molecular weight excluding hydrogens is 494 g/mol. The van der Waals surface area contributed by atoms with Crippen molar-refractivity contribution in [2.45, 2.75) is 38.7 Å². The third-order valence-corrected chi connectivity index (χ3v) is 8.81. The lowest BCUT2D eigenvalue weighted by molar-refractivity contribution is 0.0529. The number of rotatable bonds is 8. The summed E-state index contributed by atoms with van der Waals surface area (Å²) in [7, 11) is -3.68. The Balaban J connectivity index is 1.38. The van der Waals surface area contributed by atoms with E-state index in [1.54, 1.807) is 24.3 Å². The number of benzene rings is 1. The zero-order chi connectivity index (χ0) is 26.0. The maximum atomic E-state index is 13.5. The van der Waals surface area contributed by atoms with Gasteiger partial charge in [0.15, 0.2) is 0 Å². The summed E-state index contributed by atoms with van der Waals surface area (Å²) in [6.07, 6.45) is 4.77. The third kappa shape index (κ3) is 6.16. The molecular formula is C26H35N5O5S. The minimum Gasteiger partial charge on any atom is -0.395 e. The van der Waals surface area contributed by atoms with Crippen LogP contribution in [0.4, 0.5) is 23.0 Å². The first-order valence-corrected chi connectivity index (χ1v) is 14.6. The normalized spacial score (nSPS) is 21.1. The number of ether oxygens (including phenoxy) is 1. The molecule has 2 aromatic rings. The van der Waals surface area contributed by atoms with E-state index in [1.807, 2.05) is 19.1 Å². The molecule has 3 heterocycles. The van der Waals surface area contributed by atoms with E-state index in [4.69, 9.17) is 9.84 Å². The molecule has 2 saturated heterocycles. The number of sulfonamides is 1. The van der Waals surface area contributed by atoms with Crippen molar-refractivity contribution >= 4 is 38.9 Å². The van der Waals surface area contributed by atoms with Crippen LogP contribution in [0.15, 0.2) is 36.4 Å². The van der Waals surface area contributed by atoms with Crippen molar-refractivity contribution in [2.24, 2.45) is 5.41 Å². The quantitative estimate of drug-likeness (QED) is 0.477. The number of anilines is 4. The van der Waals surface area contributed by atoms with Crippen molar-refractivity contribution in [3.63, 3.8) is 0 Å². The first-order valence-electron chi connectivity index (χ1n) is 12.9. The summed E-state index contributed by atoms with van der Waals surface area (Å²) in [5.74, 6) is 0.552. The van der Waals surface area contributed by atoms with Gasteiger partial charge >= 0.3 is 0 Å². The van der Waals surface area contributed by atoms with Gasteiger partial charge in [-0.25, -0.2) is 13.4 Å². The van der Waals surface area contributed by atoms with E-state index in [1.165, 1.54) is 12.8 Å². The molecule has 1 aromatic heterocycles. The summed E-state index contributed by atoms with van der Waals surface area (Å²) in [6.45, 7) is 5.30. The number of amides is 1. The van der Waals surface area contributed by atoms with Gasteiger partial charge in [-0.05, 0) is 68.4 Å². The lowest BCUT2D eigenvalue weighted by atomic mass is 9.93. The van der Waals surface area contributed by atoms with Crippen LogP contribution < -0.4 is 19.8 Å². The monoisotopic (exact) mass is 529 g/mol. The first-order chi connectivity index (χ1) is 17.8.